The molecule has 1 amide bonds. The molecule has 0 aliphatic heterocycles. The minimum atomic E-state index is -0.988. The lowest BCUT2D eigenvalue weighted by atomic mass is 9.96. The van der Waals surface area contributed by atoms with E-state index in [2.05, 4.69) is 0 Å². The van der Waals surface area contributed by atoms with Crippen LogP contribution in [0.2, 0.25) is 0 Å². The molecule has 0 fully saturated rings. The van der Waals surface area contributed by atoms with E-state index in [0.29, 0.717) is 6.42 Å². The summed E-state index contributed by atoms with van der Waals surface area (Å²) >= 11 is 0. The maximum absolute atomic E-state index is 10.8. The highest BCUT2D eigenvalue weighted by atomic mass is 35.5. The number of nitrogens with two attached hydrogens (primary N) is 1. The Bertz CT molecular complexity index is 354. The van der Waals surface area contributed by atoms with Gasteiger partial charge in [0.25, 0.3) is 0 Å². The lowest BCUT2D eigenvalue weighted by molar-refractivity contribution is -0.143. The number of aliphatic carboxylic acids is 1. The Balaban J connectivity index is 0.00000225. The summed E-state index contributed by atoms with van der Waals surface area (Å²) in [7, 11) is 0. The molecule has 1 rings (SSSR count). The van der Waals surface area contributed by atoms with Crippen LogP contribution < -0.4 is 5.73 Å². The number of hydrogen-bond donors (Lipinski definition) is 2. The molecule has 1 unspecified atom stereocenters. The zero-order valence-corrected chi connectivity index (χ0v) is 9.44. The van der Waals surface area contributed by atoms with Crippen molar-refractivity contribution in [3.05, 3.63) is 35.9 Å². The third-order valence-electron chi connectivity index (χ3n) is 2.12. The zero-order valence-electron chi connectivity index (χ0n) is 8.63. The molecule has 16 heavy (non-hydrogen) atoms. The number of carboxylic acid groups (broad SMARTS) is 1. The molecule has 0 aliphatic rings. The largest absolute Gasteiger partial charge is 0.481 e. The van der Waals surface area contributed by atoms with Crippen molar-refractivity contribution in [2.24, 2.45) is 11.7 Å². The van der Waals surface area contributed by atoms with Crippen LogP contribution in [-0.4, -0.2) is 17.0 Å². The highest BCUT2D eigenvalue weighted by Crippen LogP contribution is 2.12. The summed E-state index contributed by atoms with van der Waals surface area (Å²) in [5.74, 6) is -2.30. The minimum Gasteiger partial charge on any atom is -0.481 e. The molecule has 88 valence electrons. The average molecular weight is 244 g/mol. The normalized spacial score (nSPS) is 11.2. The minimum absolute atomic E-state index is 0. The van der Waals surface area contributed by atoms with Crippen LogP contribution in [0.25, 0.3) is 0 Å². The van der Waals surface area contributed by atoms with Gasteiger partial charge in [-0.3, -0.25) is 9.59 Å². The Morgan fingerprint density at radius 1 is 1.25 bits per heavy atom. The molecule has 4 nitrogen and oxygen atoms in total. The number of primary amides is 1. The monoisotopic (exact) mass is 243 g/mol. The summed E-state index contributed by atoms with van der Waals surface area (Å²) in [5.41, 5.74) is 5.88. The Hall–Kier alpha value is -1.55. The van der Waals surface area contributed by atoms with Crippen LogP contribution in [0.1, 0.15) is 12.0 Å². The van der Waals surface area contributed by atoms with E-state index in [0.717, 1.165) is 5.56 Å². The van der Waals surface area contributed by atoms with Crippen LogP contribution in [0.3, 0.4) is 0 Å². The lowest BCUT2D eigenvalue weighted by Gasteiger charge is -2.09. The second kappa shape index (κ2) is 6.85. The third kappa shape index (κ3) is 4.79. The van der Waals surface area contributed by atoms with Crippen molar-refractivity contribution in [3.8, 4) is 0 Å². The average Bonchev–Trinajstić information content (AvgIpc) is 2.17. The van der Waals surface area contributed by atoms with Crippen LogP contribution in [0.4, 0.5) is 0 Å². The van der Waals surface area contributed by atoms with Gasteiger partial charge in [-0.05, 0) is 12.0 Å². The standard InChI is InChI=1S/C11H13NO3.ClH/c12-10(13)7-9(11(14)15)6-8-4-2-1-3-5-8;/h1-5,9H,6-7H2,(H2,12,13)(H,14,15);1H. The molecule has 0 radical (unpaired) electrons. The first-order valence-corrected chi connectivity index (χ1v) is 4.64. The number of halogens is 1. The second-order valence-electron chi connectivity index (χ2n) is 3.40. The number of rotatable bonds is 5. The fourth-order valence-corrected chi connectivity index (χ4v) is 1.39. The van der Waals surface area contributed by atoms with E-state index in [4.69, 9.17) is 10.8 Å². The molecule has 1 atom stereocenters. The number of benzene rings is 1. The molecular weight excluding hydrogens is 230 g/mol. The van der Waals surface area contributed by atoms with Gasteiger partial charge in [0.05, 0.1) is 5.92 Å². The Morgan fingerprint density at radius 2 is 1.81 bits per heavy atom. The predicted molar refractivity (Wildman–Crippen MR) is 62.3 cm³/mol. The van der Waals surface area contributed by atoms with E-state index >= 15 is 0 Å². The van der Waals surface area contributed by atoms with Crippen molar-refractivity contribution in [3.63, 3.8) is 0 Å². The summed E-state index contributed by atoms with van der Waals surface area (Å²) in [6, 6.07) is 9.18. The Labute approximate surface area is 99.9 Å². The van der Waals surface area contributed by atoms with Gasteiger partial charge in [-0.1, -0.05) is 30.3 Å². The summed E-state index contributed by atoms with van der Waals surface area (Å²) < 4.78 is 0. The summed E-state index contributed by atoms with van der Waals surface area (Å²) in [6.07, 6.45) is 0.212. The first-order valence-electron chi connectivity index (χ1n) is 4.64. The molecule has 0 aliphatic carbocycles. The maximum atomic E-state index is 10.8. The van der Waals surface area contributed by atoms with Gasteiger partial charge in [-0.25, -0.2) is 0 Å². The van der Waals surface area contributed by atoms with Crippen molar-refractivity contribution >= 4 is 24.3 Å². The third-order valence-corrected chi connectivity index (χ3v) is 2.12. The summed E-state index contributed by atoms with van der Waals surface area (Å²) in [5, 5.41) is 8.88. The van der Waals surface area contributed by atoms with Crippen LogP contribution in [0.5, 0.6) is 0 Å². The molecule has 0 aromatic heterocycles. The highest BCUT2D eigenvalue weighted by molar-refractivity contribution is 5.85. The SMILES string of the molecule is Cl.NC(=O)CC(Cc1ccccc1)C(=O)O. The molecule has 0 heterocycles. The number of carboxylic acids is 1. The van der Waals surface area contributed by atoms with E-state index < -0.39 is 17.8 Å². The van der Waals surface area contributed by atoms with Crippen molar-refractivity contribution < 1.29 is 14.7 Å². The molecule has 0 spiro atoms. The lowest BCUT2D eigenvalue weighted by Crippen LogP contribution is -2.24. The van der Waals surface area contributed by atoms with Crippen LogP contribution in [0.15, 0.2) is 30.3 Å². The topological polar surface area (TPSA) is 80.4 Å². The van der Waals surface area contributed by atoms with E-state index in [9.17, 15) is 9.59 Å². The van der Waals surface area contributed by atoms with Gasteiger partial charge >= 0.3 is 5.97 Å². The van der Waals surface area contributed by atoms with Gasteiger partial charge in [0.15, 0.2) is 0 Å². The van der Waals surface area contributed by atoms with Gasteiger partial charge in [-0.15, -0.1) is 12.4 Å². The molecule has 3 N–H and O–H groups in total. The van der Waals surface area contributed by atoms with E-state index in [1.54, 1.807) is 0 Å². The van der Waals surface area contributed by atoms with Crippen molar-refractivity contribution in [1.29, 1.82) is 0 Å². The first-order chi connectivity index (χ1) is 7.09. The molecule has 0 saturated carbocycles. The van der Waals surface area contributed by atoms with E-state index in [-0.39, 0.29) is 18.8 Å². The highest BCUT2D eigenvalue weighted by Gasteiger charge is 2.20. The van der Waals surface area contributed by atoms with Gasteiger partial charge in [0.1, 0.15) is 0 Å². The van der Waals surface area contributed by atoms with Crippen molar-refractivity contribution in [2.45, 2.75) is 12.8 Å². The maximum Gasteiger partial charge on any atom is 0.307 e. The molecule has 0 saturated heterocycles. The Morgan fingerprint density at radius 3 is 2.25 bits per heavy atom. The van der Waals surface area contributed by atoms with Crippen LogP contribution in [0, 0.1) is 5.92 Å². The number of carbonyl (C=O) groups is 2. The van der Waals surface area contributed by atoms with Crippen LogP contribution in [-0.2, 0) is 16.0 Å². The molecule has 0 bridgehead atoms. The first kappa shape index (κ1) is 14.5. The fourth-order valence-electron chi connectivity index (χ4n) is 1.39. The molecule has 1 aromatic carbocycles. The Kier molecular flexibility index (Phi) is 6.18. The van der Waals surface area contributed by atoms with E-state index in [1.807, 2.05) is 30.3 Å². The summed E-state index contributed by atoms with van der Waals surface area (Å²) in [4.78, 5) is 21.5. The van der Waals surface area contributed by atoms with Crippen LogP contribution >= 0.6 is 12.4 Å². The number of hydrogen-bond acceptors (Lipinski definition) is 2. The zero-order chi connectivity index (χ0) is 11.3. The molecule has 5 heteroatoms. The van der Waals surface area contributed by atoms with Gasteiger partial charge in [0, 0.05) is 6.42 Å². The molecular formula is C11H14ClNO3. The summed E-state index contributed by atoms with van der Waals surface area (Å²) in [6.45, 7) is 0. The smallest absolute Gasteiger partial charge is 0.307 e. The van der Waals surface area contributed by atoms with Gasteiger partial charge < -0.3 is 10.8 Å². The number of carbonyl (C=O) groups excluding carboxylic acids is 1. The second-order valence-corrected chi connectivity index (χ2v) is 3.40. The van der Waals surface area contributed by atoms with E-state index in [1.165, 1.54) is 0 Å². The van der Waals surface area contributed by atoms with Gasteiger partial charge in [0.2, 0.25) is 5.91 Å². The van der Waals surface area contributed by atoms with Gasteiger partial charge in [-0.2, -0.15) is 0 Å². The number of amides is 1. The quantitative estimate of drug-likeness (QED) is 0.816. The van der Waals surface area contributed by atoms with Crippen molar-refractivity contribution in [2.75, 3.05) is 0 Å². The molecule has 1 aromatic rings. The fraction of sp³-hybridized carbons (Fsp3) is 0.273. The van der Waals surface area contributed by atoms with Crippen molar-refractivity contribution in [1.82, 2.24) is 0 Å². The predicted octanol–water partition coefficient (Wildman–Crippen LogP) is 1.23.